The predicted octanol–water partition coefficient (Wildman–Crippen LogP) is 0.788. The molecule has 2 rings (SSSR count). The lowest BCUT2D eigenvalue weighted by Gasteiger charge is -2.27. The van der Waals surface area contributed by atoms with Crippen molar-refractivity contribution in [2.75, 3.05) is 19.6 Å². The molecule has 2 aliphatic rings. The van der Waals surface area contributed by atoms with Gasteiger partial charge in [0.05, 0.1) is 6.04 Å². The van der Waals surface area contributed by atoms with E-state index >= 15 is 0 Å². The fourth-order valence-electron chi connectivity index (χ4n) is 2.84. The maximum atomic E-state index is 11.9. The largest absolute Gasteiger partial charge is 0.338 e. The van der Waals surface area contributed by atoms with E-state index in [1.54, 1.807) is 0 Å². The second-order valence-corrected chi connectivity index (χ2v) is 4.71. The Morgan fingerprint density at radius 1 is 1.53 bits per heavy atom. The van der Waals surface area contributed by atoms with E-state index in [0.29, 0.717) is 18.0 Å². The molecule has 2 saturated heterocycles. The molecule has 0 saturated carbocycles. The molecule has 2 aliphatic heterocycles. The lowest BCUT2D eigenvalue weighted by Crippen LogP contribution is -2.48. The van der Waals surface area contributed by atoms with E-state index in [1.165, 1.54) is 0 Å². The van der Waals surface area contributed by atoms with Gasteiger partial charge < -0.3 is 15.5 Å². The minimum atomic E-state index is 0.126. The van der Waals surface area contributed by atoms with Crippen LogP contribution in [-0.2, 0) is 0 Å². The fraction of sp³-hybridized carbons (Fsp3) is 0.909. The Morgan fingerprint density at radius 2 is 2.33 bits per heavy atom. The standard InChI is InChI=1S/C11H21N3O/c1-3-4-13-11(15)14-8(2)5-9-6-12-7-10(9)14/h8-10,12H,3-7H2,1-2H3,(H,13,15). The van der Waals surface area contributed by atoms with Gasteiger partial charge in [-0.15, -0.1) is 0 Å². The van der Waals surface area contributed by atoms with Crippen molar-refractivity contribution in [2.45, 2.75) is 38.8 Å². The molecule has 2 N–H and O–H groups in total. The zero-order valence-corrected chi connectivity index (χ0v) is 9.62. The van der Waals surface area contributed by atoms with Gasteiger partial charge >= 0.3 is 6.03 Å². The molecule has 0 aromatic carbocycles. The Morgan fingerprint density at radius 3 is 3.07 bits per heavy atom. The molecule has 0 bridgehead atoms. The van der Waals surface area contributed by atoms with Gasteiger partial charge in [0.15, 0.2) is 0 Å². The van der Waals surface area contributed by atoms with Crippen LogP contribution in [0.2, 0.25) is 0 Å². The number of carbonyl (C=O) groups excluding carboxylic acids is 1. The summed E-state index contributed by atoms with van der Waals surface area (Å²) >= 11 is 0. The third-order valence-electron chi connectivity index (χ3n) is 3.54. The summed E-state index contributed by atoms with van der Waals surface area (Å²) in [5.41, 5.74) is 0. The normalized spacial score (nSPS) is 34.3. The van der Waals surface area contributed by atoms with Gasteiger partial charge in [-0.05, 0) is 25.7 Å². The van der Waals surface area contributed by atoms with Gasteiger partial charge in [0, 0.05) is 25.7 Å². The average molecular weight is 211 g/mol. The molecule has 0 spiro atoms. The predicted molar refractivity (Wildman–Crippen MR) is 59.8 cm³/mol. The van der Waals surface area contributed by atoms with Crippen LogP contribution in [0.15, 0.2) is 0 Å². The molecule has 3 unspecified atom stereocenters. The molecule has 0 aromatic rings. The summed E-state index contributed by atoms with van der Waals surface area (Å²) in [6.45, 7) is 7.06. The summed E-state index contributed by atoms with van der Waals surface area (Å²) in [5.74, 6) is 0.673. The number of urea groups is 1. The number of amides is 2. The number of likely N-dealkylation sites (tertiary alicyclic amines) is 1. The van der Waals surface area contributed by atoms with E-state index in [-0.39, 0.29) is 6.03 Å². The van der Waals surface area contributed by atoms with Crippen LogP contribution < -0.4 is 10.6 Å². The molecular formula is C11H21N3O. The maximum absolute atomic E-state index is 11.9. The second-order valence-electron chi connectivity index (χ2n) is 4.71. The van der Waals surface area contributed by atoms with Crippen molar-refractivity contribution < 1.29 is 4.79 Å². The minimum absolute atomic E-state index is 0.126. The van der Waals surface area contributed by atoms with Crippen LogP contribution in [0.5, 0.6) is 0 Å². The summed E-state index contributed by atoms with van der Waals surface area (Å²) in [7, 11) is 0. The lowest BCUT2D eigenvalue weighted by atomic mass is 10.0. The molecule has 0 radical (unpaired) electrons. The molecule has 4 nitrogen and oxygen atoms in total. The van der Waals surface area contributed by atoms with E-state index in [9.17, 15) is 4.79 Å². The molecular weight excluding hydrogens is 190 g/mol. The van der Waals surface area contributed by atoms with Gasteiger partial charge in [0.2, 0.25) is 0 Å². The first-order valence-corrected chi connectivity index (χ1v) is 6.01. The van der Waals surface area contributed by atoms with E-state index in [4.69, 9.17) is 0 Å². The van der Waals surface area contributed by atoms with E-state index in [1.807, 2.05) is 4.90 Å². The number of nitrogens with one attached hydrogen (secondary N) is 2. The first kappa shape index (κ1) is 10.7. The monoisotopic (exact) mass is 211 g/mol. The van der Waals surface area contributed by atoms with Crippen molar-refractivity contribution in [3.63, 3.8) is 0 Å². The molecule has 0 aromatic heterocycles. The van der Waals surface area contributed by atoms with Gasteiger partial charge in [0.1, 0.15) is 0 Å². The number of rotatable bonds is 2. The van der Waals surface area contributed by atoms with Crippen molar-refractivity contribution in [1.29, 1.82) is 0 Å². The van der Waals surface area contributed by atoms with Crippen LogP contribution in [0, 0.1) is 5.92 Å². The quantitative estimate of drug-likeness (QED) is 0.709. The van der Waals surface area contributed by atoms with Gasteiger partial charge in [0.25, 0.3) is 0 Å². The summed E-state index contributed by atoms with van der Waals surface area (Å²) in [6.07, 6.45) is 2.15. The number of fused-ring (bicyclic) bond motifs is 1. The number of hydrogen-bond acceptors (Lipinski definition) is 2. The smallest absolute Gasteiger partial charge is 0.317 e. The zero-order chi connectivity index (χ0) is 10.8. The average Bonchev–Trinajstić information content (AvgIpc) is 2.73. The SMILES string of the molecule is CCCNC(=O)N1C(C)CC2CNCC21. The van der Waals surface area contributed by atoms with Crippen LogP contribution in [0.4, 0.5) is 4.79 Å². The molecule has 2 fully saturated rings. The van der Waals surface area contributed by atoms with Gasteiger partial charge in [-0.1, -0.05) is 6.92 Å². The van der Waals surface area contributed by atoms with Crippen molar-refractivity contribution >= 4 is 6.03 Å². The van der Waals surface area contributed by atoms with Gasteiger partial charge in [-0.3, -0.25) is 0 Å². The zero-order valence-electron chi connectivity index (χ0n) is 9.62. The van der Waals surface area contributed by atoms with Gasteiger partial charge in [-0.2, -0.15) is 0 Å². The first-order valence-electron chi connectivity index (χ1n) is 6.01. The van der Waals surface area contributed by atoms with Crippen LogP contribution in [0.3, 0.4) is 0 Å². The highest BCUT2D eigenvalue weighted by atomic mass is 16.2. The Labute approximate surface area is 91.4 Å². The lowest BCUT2D eigenvalue weighted by molar-refractivity contribution is 0.177. The molecule has 15 heavy (non-hydrogen) atoms. The summed E-state index contributed by atoms with van der Waals surface area (Å²) < 4.78 is 0. The number of nitrogens with zero attached hydrogens (tertiary/aromatic N) is 1. The molecule has 86 valence electrons. The number of carbonyl (C=O) groups is 1. The third-order valence-corrected chi connectivity index (χ3v) is 3.54. The second kappa shape index (κ2) is 4.39. The van der Waals surface area contributed by atoms with Crippen LogP contribution in [0.1, 0.15) is 26.7 Å². The third kappa shape index (κ3) is 1.95. The van der Waals surface area contributed by atoms with Crippen molar-refractivity contribution in [3.8, 4) is 0 Å². The van der Waals surface area contributed by atoms with Crippen molar-refractivity contribution in [1.82, 2.24) is 15.5 Å². The van der Waals surface area contributed by atoms with E-state index in [0.717, 1.165) is 32.5 Å². The fourth-order valence-corrected chi connectivity index (χ4v) is 2.84. The van der Waals surface area contributed by atoms with Crippen molar-refractivity contribution in [2.24, 2.45) is 5.92 Å². The summed E-state index contributed by atoms with van der Waals surface area (Å²) in [6, 6.07) is 0.955. The van der Waals surface area contributed by atoms with Gasteiger partial charge in [-0.25, -0.2) is 4.79 Å². The summed E-state index contributed by atoms with van der Waals surface area (Å²) in [5, 5.41) is 6.34. The Bertz CT molecular complexity index is 244. The number of hydrogen-bond donors (Lipinski definition) is 2. The van der Waals surface area contributed by atoms with Crippen molar-refractivity contribution in [3.05, 3.63) is 0 Å². The highest BCUT2D eigenvalue weighted by molar-refractivity contribution is 5.75. The van der Waals surface area contributed by atoms with E-state index < -0.39 is 0 Å². The molecule has 3 atom stereocenters. The van der Waals surface area contributed by atoms with Crippen LogP contribution >= 0.6 is 0 Å². The minimum Gasteiger partial charge on any atom is -0.338 e. The molecule has 4 heteroatoms. The Balaban J connectivity index is 1.97. The Hall–Kier alpha value is -0.770. The molecule has 2 heterocycles. The topological polar surface area (TPSA) is 44.4 Å². The highest BCUT2D eigenvalue weighted by Crippen LogP contribution is 2.31. The Kier molecular flexibility index (Phi) is 3.14. The summed E-state index contributed by atoms with van der Waals surface area (Å²) in [4.78, 5) is 14.0. The first-order chi connectivity index (χ1) is 7.24. The maximum Gasteiger partial charge on any atom is 0.317 e. The van der Waals surface area contributed by atoms with E-state index in [2.05, 4.69) is 24.5 Å². The van der Waals surface area contributed by atoms with Crippen LogP contribution in [-0.4, -0.2) is 42.6 Å². The molecule has 0 aliphatic carbocycles. The molecule has 2 amide bonds. The highest BCUT2D eigenvalue weighted by Gasteiger charge is 2.43. The van der Waals surface area contributed by atoms with Crippen LogP contribution in [0.25, 0.3) is 0 Å².